The molecule has 0 aliphatic heterocycles. The van der Waals surface area contributed by atoms with Crippen molar-refractivity contribution in [3.63, 3.8) is 0 Å². The van der Waals surface area contributed by atoms with E-state index in [1.807, 2.05) is 19.1 Å². The Morgan fingerprint density at radius 3 is 2.56 bits per heavy atom. The Bertz CT molecular complexity index is 540. The van der Waals surface area contributed by atoms with Crippen LogP contribution in [0.2, 0.25) is 0 Å². The van der Waals surface area contributed by atoms with Gasteiger partial charge in [0.15, 0.2) is 11.6 Å². The Hall–Kier alpha value is -0.910. The van der Waals surface area contributed by atoms with E-state index in [0.717, 1.165) is 10.9 Å². The van der Waals surface area contributed by atoms with Crippen molar-refractivity contribution < 1.29 is 8.78 Å². The maximum absolute atomic E-state index is 13.1. The lowest BCUT2D eigenvalue weighted by Crippen LogP contribution is -2.07. The molecule has 0 saturated heterocycles. The van der Waals surface area contributed by atoms with Crippen LogP contribution in [-0.4, -0.2) is 6.54 Å². The van der Waals surface area contributed by atoms with Crippen molar-refractivity contribution in [3.05, 3.63) is 51.7 Å². The largest absolute Gasteiger partial charge is 0.329 e. The minimum absolute atomic E-state index is 0.0774. The third-order valence-corrected chi connectivity index (χ3v) is 4.98. The fourth-order valence-electron chi connectivity index (χ4n) is 1.56. The van der Waals surface area contributed by atoms with E-state index in [1.54, 1.807) is 17.4 Å². The first kappa shape index (κ1) is 13.5. The van der Waals surface area contributed by atoms with Crippen molar-refractivity contribution in [2.75, 3.05) is 6.54 Å². The number of hydrogen-bond acceptors (Lipinski definition) is 3. The second-order valence-electron chi connectivity index (χ2n) is 3.87. The number of thioether (sulfide) groups is 1. The van der Waals surface area contributed by atoms with Crippen LogP contribution >= 0.6 is 23.1 Å². The maximum Gasteiger partial charge on any atom is 0.159 e. The van der Waals surface area contributed by atoms with Gasteiger partial charge < -0.3 is 5.73 Å². The highest BCUT2D eigenvalue weighted by Gasteiger charge is 2.14. The fourth-order valence-corrected chi connectivity index (χ4v) is 3.66. The first-order valence-corrected chi connectivity index (χ1v) is 7.18. The van der Waals surface area contributed by atoms with Gasteiger partial charge in [-0.1, -0.05) is 0 Å². The smallest absolute Gasteiger partial charge is 0.159 e. The van der Waals surface area contributed by atoms with Gasteiger partial charge in [0.25, 0.3) is 0 Å². The molecular formula is C13H13F2NS2. The zero-order chi connectivity index (χ0) is 13.1. The molecule has 1 atom stereocenters. The Morgan fingerprint density at radius 1 is 1.22 bits per heavy atom. The molecule has 0 saturated carbocycles. The van der Waals surface area contributed by atoms with Crippen LogP contribution in [0.15, 0.2) is 35.2 Å². The van der Waals surface area contributed by atoms with Gasteiger partial charge in [0, 0.05) is 21.2 Å². The average molecular weight is 285 g/mol. The summed E-state index contributed by atoms with van der Waals surface area (Å²) in [7, 11) is 0. The van der Waals surface area contributed by atoms with Crippen molar-refractivity contribution in [1.82, 2.24) is 0 Å². The molecule has 1 aromatic heterocycles. The van der Waals surface area contributed by atoms with Crippen LogP contribution in [0.4, 0.5) is 8.78 Å². The highest BCUT2D eigenvalue weighted by molar-refractivity contribution is 7.99. The molecule has 0 fully saturated rings. The summed E-state index contributed by atoms with van der Waals surface area (Å²) in [6, 6.07) is 8.00. The van der Waals surface area contributed by atoms with Crippen molar-refractivity contribution in [1.29, 1.82) is 0 Å². The quantitative estimate of drug-likeness (QED) is 0.855. The molecule has 2 N–H and O–H groups in total. The van der Waals surface area contributed by atoms with Crippen LogP contribution in [0, 0.1) is 18.6 Å². The summed E-state index contributed by atoms with van der Waals surface area (Å²) in [6.45, 7) is 2.49. The summed E-state index contributed by atoms with van der Waals surface area (Å²) in [4.78, 5) is 3.06. The first-order valence-electron chi connectivity index (χ1n) is 5.48. The number of halogens is 2. The molecule has 1 unspecified atom stereocenters. The minimum Gasteiger partial charge on any atom is -0.329 e. The molecular weight excluding hydrogens is 272 g/mol. The molecule has 1 aromatic carbocycles. The second kappa shape index (κ2) is 5.82. The van der Waals surface area contributed by atoms with E-state index in [2.05, 4.69) is 0 Å². The van der Waals surface area contributed by atoms with E-state index in [4.69, 9.17) is 5.73 Å². The molecule has 18 heavy (non-hydrogen) atoms. The highest BCUT2D eigenvalue weighted by Crippen LogP contribution is 2.37. The zero-order valence-electron chi connectivity index (χ0n) is 9.82. The van der Waals surface area contributed by atoms with Crippen LogP contribution in [-0.2, 0) is 0 Å². The molecule has 2 aromatic rings. The van der Waals surface area contributed by atoms with Crippen LogP contribution in [0.5, 0.6) is 0 Å². The van der Waals surface area contributed by atoms with Crippen molar-refractivity contribution in [3.8, 4) is 0 Å². The summed E-state index contributed by atoms with van der Waals surface area (Å²) >= 11 is 3.14. The summed E-state index contributed by atoms with van der Waals surface area (Å²) in [5, 5.41) is 0.0774. The molecule has 1 nitrogen and oxygen atoms in total. The third kappa shape index (κ3) is 3.10. The lowest BCUT2D eigenvalue weighted by Gasteiger charge is -2.12. The number of rotatable bonds is 4. The third-order valence-electron chi connectivity index (χ3n) is 2.46. The van der Waals surface area contributed by atoms with E-state index in [0.29, 0.717) is 11.4 Å². The van der Waals surface area contributed by atoms with E-state index in [-0.39, 0.29) is 5.25 Å². The first-order chi connectivity index (χ1) is 8.60. The predicted octanol–water partition coefficient (Wildman–Crippen LogP) is 4.13. The van der Waals surface area contributed by atoms with Gasteiger partial charge in [-0.3, -0.25) is 0 Å². The molecule has 0 spiro atoms. The zero-order valence-corrected chi connectivity index (χ0v) is 11.5. The van der Waals surface area contributed by atoms with Gasteiger partial charge in [-0.05, 0) is 37.3 Å². The predicted molar refractivity (Wildman–Crippen MR) is 73.1 cm³/mol. The molecule has 96 valence electrons. The molecule has 0 aliphatic carbocycles. The molecule has 1 heterocycles. The number of nitrogens with two attached hydrogens (primary N) is 1. The lowest BCUT2D eigenvalue weighted by molar-refractivity contribution is 0.506. The van der Waals surface area contributed by atoms with E-state index in [1.165, 1.54) is 22.7 Å². The molecule has 0 aliphatic rings. The lowest BCUT2D eigenvalue weighted by atomic mass is 10.3. The van der Waals surface area contributed by atoms with Gasteiger partial charge >= 0.3 is 0 Å². The standard InChI is InChI=1S/C13H13F2NS2/c1-8-2-5-12(17-8)13(7-16)18-9-3-4-10(14)11(15)6-9/h2-6,13H,7,16H2,1H3. The molecule has 0 amide bonds. The summed E-state index contributed by atoms with van der Waals surface area (Å²) < 4.78 is 26.0. The molecule has 2 rings (SSSR count). The normalized spacial score (nSPS) is 12.7. The van der Waals surface area contributed by atoms with Gasteiger partial charge in [0.1, 0.15) is 0 Å². The van der Waals surface area contributed by atoms with Crippen LogP contribution in [0.3, 0.4) is 0 Å². The molecule has 0 radical (unpaired) electrons. The van der Waals surface area contributed by atoms with Crippen molar-refractivity contribution in [2.45, 2.75) is 17.1 Å². The second-order valence-corrected chi connectivity index (χ2v) is 6.46. The van der Waals surface area contributed by atoms with E-state index >= 15 is 0 Å². The number of aryl methyl sites for hydroxylation is 1. The number of benzene rings is 1. The van der Waals surface area contributed by atoms with Crippen LogP contribution < -0.4 is 5.73 Å². The molecule has 0 bridgehead atoms. The van der Waals surface area contributed by atoms with Gasteiger partial charge in [-0.2, -0.15) is 0 Å². The van der Waals surface area contributed by atoms with Crippen molar-refractivity contribution >= 4 is 23.1 Å². The topological polar surface area (TPSA) is 26.0 Å². The van der Waals surface area contributed by atoms with Crippen LogP contribution in [0.25, 0.3) is 0 Å². The summed E-state index contributed by atoms with van der Waals surface area (Å²) in [6.07, 6.45) is 0. The summed E-state index contributed by atoms with van der Waals surface area (Å²) in [5.41, 5.74) is 5.75. The van der Waals surface area contributed by atoms with Gasteiger partial charge in [-0.15, -0.1) is 23.1 Å². The Morgan fingerprint density at radius 2 is 2.00 bits per heavy atom. The van der Waals surface area contributed by atoms with Crippen molar-refractivity contribution in [2.24, 2.45) is 5.73 Å². The Balaban J connectivity index is 2.17. The van der Waals surface area contributed by atoms with Gasteiger partial charge in [-0.25, -0.2) is 8.78 Å². The minimum atomic E-state index is -0.824. The Kier molecular flexibility index (Phi) is 4.37. The molecule has 5 heteroatoms. The number of hydrogen-bond donors (Lipinski definition) is 1. The average Bonchev–Trinajstić information content (AvgIpc) is 2.77. The van der Waals surface area contributed by atoms with E-state index in [9.17, 15) is 8.78 Å². The van der Waals surface area contributed by atoms with E-state index < -0.39 is 11.6 Å². The number of thiophene rings is 1. The van der Waals surface area contributed by atoms with Gasteiger partial charge in [0.05, 0.1) is 5.25 Å². The monoisotopic (exact) mass is 285 g/mol. The maximum atomic E-state index is 13.1. The highest BCUT2D eigenvalue weighted by atomic mass is 32.2. The Labute approximate surface area is 113 Å². The van der Waals surface area contributed by atoms with Crippen LogP contribution in [0.1, 0.15) is 15.0 Å². The summed E-state index contributed by atoms with van der Waals surface area (Å²) in [5.74, 6) is -1.64. The SMILES string of the molecule is Cc1ccc(C(CN)Sc2ccc(F)c(F)c2)s1. The fraction of sp³-hybridized carbons (Fsp3) is 0.231. The van der Waals surface area contributed by atoms with Gasteiger partial charge in [0.2, 0.25) is 0 Å².